The summed E-state index contributed by atoms with van der Waals surface area (Å²) in [5.41, 5.74) is 2.82. The van der Waals surface area contributed by atoms with Crippen molar-refractivity contribution >= 4 is 16.6 Å². The van der Waals surface area contributed by atoms with Crippen molar-refractivity contribution in [2.24, 2.45) is 7.05 Å². The summed E-state index contributed by atoms with van der Waals surface area (Å²) < 4.78 is 6.39. The molecule has 124 valence electrons. The summed E-state index contributed by atoms with van der Waals surface area (Å²) in [7, 11) is 1.72. The average Bonchev–Trinajstić information content (AvgIpc) is 3.12. The molecule has 3 heterocycles. The number of rotatable bonds is 3. The average molecular weight is 325 g/mol. The van der Waals surface area contributed by atoms with Gasteiger partial charge in [0, 0.05) is 51.5 Å². The summed E-state index contributed by atoms with van der Waals surface area (Å²) in [6.45, 7) is 4.63. The van der Waals surface area contributed by atoms with Crippen molar-refractivity contribution in [2.75, 3.05) is 31.1 Å². The van der Waals surface area contributed by atoms with Gasteiger partial charge in [0.05, 0.1) is 22.9 Å². The van der Waals surface area contributed by atoms with Gasteiger partial charge in [-0.25, -0.2) is 4.98 Å². The van der Waals surface area contributed by atoms with Crippen molar-refractivity contribution in [3.63, 3.8) is 0 Å². The largest absolute Gasteiger partial charge is 0.369 e. The van der Waals surface area contributed by atoms with Crippen molar-refractivity contribution in [1.82, 2.24) is 19.6 Å². The SMILES string of the molecule is Cn1cnc2cc(N3CCN(Cc4ccon4)CC3)ccc2c1=O. The van der Waals surface area contributed by atoms with Crippen LogP contribution in [0.3, 0.4) is 0 Å². The second-order valence-electron chi connectivity index (χ2n) is 6.12. The molecule has 1 aliphatic rings. The molecule has 0 amide bonds. The van der Waals surface area contributed by atoms with Crippen molar-refractivity contribution in [3.05, 3.63) is 52.9 Å². The molecule has 0 spiro atoms. The molecule has 3 aromatic rings. The minimum Gasteiger partial charge on any atom is -0.369 e. The fourth-order valence-corrected chi connectivity index (χ4v) is 3.11. The highest BCUT2D eigenvalue weighted by molar-refractivity contribution is 5.81. The van der Waals surface area contributed by atoms with E-state index in [-0.39, 0.29) is 5.56 Å². The normalized spacial score (nSPS) is 16.0. The van der Waals surface area contributed by atoms with E-state index in [0.717, 1.165) is 49.6 Å². The van der Waals surface area contributed by atoms with Gasteiger partial charge in [-0.2, -0.15) is 0 Å². The molecule has 0 saturated carbocycles. The van der Waals surface area contributed by atoms with Gasteiger partial charge in [-0.1, -0.05) is 5.16 Å². The van der Waals surface area contributed by atoms with Crippen LogP contribution >= 0.6 is 0 Å². The van der Waals surface area contributed by atoms with Crippen LogP contribution in [0.15, 0.2) is 46.2 Å². The molecule has 1 aromatic carbocycles. The molecular formula is C17H19N5O2. The highest BCUT2D eigenvalue weighted by Gasteiger charge is 2.18. The molecule has 1 fully saturated rings. The lowest BCUT2D eigenvalue weighted by Crippen LogP contribution is -2.46. The molecular weight excluding hydrogens is 306 g/mol. The van der Waals surface area contributed by atoms with E-state index in [1.54, 1.807) is 19.6 Å². The van der Waals surface area contributed by atoms with E-state index < -0.39 is 0 Å². The Kier molecular flexibility index (Phi) is 3.78. The van der Waals surface area contributed by atoms with Crippen LogP contribution in [-0.4, -0.2) is 45.8 Å². The molecule has 4 rings (SSSR count). The minimum atomic E-state index is -0.0102. The smallest absolute Gasteiger partial charge is 0.260 e. The summed E-state index contributed by atoms with van der Waals surface area (Å²) in [5, 5.41) is 4.63. The van der Waals surface area contributed by atoms with E-state index in [1.165, 1.54) is 4.57 Å². The molecule has 1 aliphatic heterocycles. The molecule has 0 bridgehead atoms. The van der Waals surface area contributed by atoms with E-state index in [2.05, 4.69) is 19.9 Å². The number of aromatic nitrogens is 3. The number of hydrogen-bond acceptors (Lipinski definition) is 6. The first kappa shape index (κ1) is 14.9. The highest BCUT2D eigenvalue weighted by atomic mass is 16.5. The molecule has 0 radical (unpaired) electrons. The molecule has 7 heteroatoms. The second-order valence-corrected chi connectivity index (χ2v) is 6.12. The van der Waals surface area contributed by atoms with Crippen LogP contribution in [0.25, 0.3) is 10.9 Å². The van der Waals surface area contributed by atoms with Crippen LogP contribution < -0.4 is 10.5 Å². The summed E-state index contributed by atoms with van der Waals surface area (Å²) in [6.07, 6.45) is 3.18. The van der Waals surface area contributed by atoms with Crippen LogP contribution in [0, 0.1) is 0 Å². The zero-order valence-corrected chi connectivity index (χ0v) is 13.6. The molecule has 24 heavy (non-hydrogen) atoms. The van der Waals surface area contributed by atoms with Crippen molar-refractivity contribution in [2.45, 2.75) is 6.54 Å². The van der Waals surface area contributed by atoms with Gasteiger partial charge in [-0.3, -0.25) is 9.69 Å². The van der Waals surface area contributed by atoms with Crippen LogP contribution in [0.2, 0.25) is 0 Å². The quantitative estimate of drug-likeness (QED) is 0.722. The van der Waals surface area contributed by atoms with Gasteiger partial charge in [0.15, 0.2) is 0 Å². The number of hydrogen-bond donors (Lipinski definition) is 0. The van der Waals surface area contributed by atoms with Crippen LogP contribution in [0.5, 0.6) is 0 Å². The first-order chi connectivity index (χ1) is 11.7. The predicted molar refractivity (Wildman–Crippen MR) is 91.0 cm³/mol. The molecule has 0 N–H and O–H groups in total. The first-order valence-corrected chi connectivity index (χ1v) is 8.03. The highest BCUT2D eigenvalue weighted by Crippen LogP contribution is 2.20. The van der Waals surface area contributed by atoms with Gasteiger partial charge in [0.25, 0.3) is 5.56 Å². The van der Waals surface area contributed by atoms with Crippen LogP contribution in [0.4, 0.5) is 5.69 Å². The van der Waals surface area contributed by atoms with Crippen molar-refractivity contribution in [1.29, 1.82) is 0 Å². The topological polar surface area (TPSA) is 67.4 Å². The molecule has 0 aliphatic carbocycles. The fourth-order valence-electron chi connectivity index (χ4n) is 3.11. The maximum atomic E-state index is 12.1. The zero-order valence-electron chi connectivity index (χ0n) is 13.6. The van der Waals surface area contributed by atoms with Gasteiger partial charge in [-0.05, 0) is 18.2 Å². The summed E-state index contributed by atoms with van der Waals surface area (Å²) in [6, 6.07) is 7.80. The molecule has 0 atom stereocenters. The Bertz CT molecular complexity index is 895. The standard InChI is InChI=1S/C17H19N5O2/c1-20-12-18-16-10-14(2-3-15(16)17(20)23)22-7-5-21(6-8-22)11-13-4-9-24-19-13/h2-4,9-10,12H,5-8,11H2,1H3. The Morgan fingerprint density at radius 3 is 2.75 bits per heavy atom. The van der Waals surface area contributed by atoms with Gasteiger partial charge < -0.3 is 14.0 Å². The van der Waals surface area contributed by atoms with E-state index in [4.69, 9.17) is 4.52 Å². The monoisotopic (exact) mass is 325 g/mol. The van der Waals surface area contributed by atoms with E-state index >= 15 is 0 Å². The van der Waals surface area contributed by atoms with Crippen LogP contribution in [-0.2, 0) is 13.6 Å². The van der Waals surface area contributed by atoms with E-state index in [0.29, 0.717) is 5.39 Å². The number of fused-ring (bicyclic) bond motifs is 1. The third-order valence-corrected chi connectivity index (χ3v) is 4.52. The fraction of sp³-hybridized carbons (Fsp3) is 0.353. The summed E-state index contributed by atoms with van der Waals surface area (Å²) >= 11 is 0. The minimum absolute atomic E-state index is 0.0102. The Hall–Kier alpha value is -2.67. The number of nitrogens with zero attached hydrogens (tertiary/aromatic N) is 5. The predicted octanol–water partition coefficient (Wildman–Crippen LogP) is 1.24. The zero-order chi connectivity index (χ0) is 16.5. The Morgan fingerprint density at radius 2 is 2.00 bits per heavy atom. The molecule has 2 aromatic heterocycles. The lowest BCUT2D eigenvalue weighted by Gasteiger charge is -2.35. The van der Waals surface area contributed by atoms with Crippen molar-refractivity contribution in [3.8, 4) is 0 Å². The molecule has 7 nitrogen and oxygen atoms in total. The lowest BCUT2D eigenvalue weighted by atomic mass is 10.2. The third-order valence-electron chi connectivity index (χ3n) is 4.52. The third kappa shape index (κ3) is 2.78. The maximum Gasteiger partial charge on any atom is 0.260 e. The Labute approximate surface area is 139 Å². The van der Waals surface area contributed by atoms with Crippen LogP contribution in [0.1, 0.15) is 5.69 Å². The number of piperazine rings is 1. The first-order valence-electron chi connectivity index (χ1n) is 8.03. The maximum absolute atomic E-state index is 12.1. The lowest BCUT2D eigenvalue weighted by molar-refractivity contribution is 0.242. The Balaban J connectivity index is 1.48. The Morgan fingerprint density at radius 1 is 1.17 bits per heavy atom. The van der Waals surface area contributed by atoms with Crippen molar-refractivity contribution < 1.29 is 4.52 Å². The van der Waals surface area contributed by atoms with E-state index in [1.807, 2.05) is 24.3 Å². The number of benzene rings is 1. The summed E-state index contributed by atoms with van der Waals surface area (Å²) in [5.74, 6) is 0. The van der Waals surface area contributed by atoms with Gasteiger partial charge in [0.2, 0.25) is 0 Å². The van der Waals surface area contributed by atoms with E-state index in [9.17, 15) is 4.79 Å². The van der Waals surface area contributed by atoms with Gasteiger partial charge >= 0.3 is 0 Å². The number of aryl methyl sites for hydroxylation is 1. The second kappa shape index (κ2) is 6.09. The van der Waals surface area contributed by atoms with Gasteiger partial charge in [0.1, 0.15) is 6.26 Å². The van der Waals surface area contributed by atoms with Gasteiger partial charge in [-0.15, -0.1) is 0 Å². The number of anilines is 1. The summed E-state index contributed by atoms with van der Waals surface area (Å²) in [4.78, 5) is 21.2. The molecule has 1 saturated heterocycles. The molecule has 0 unspecified atom stereocenters.